The second kappa shape index (κ2) is 5.94. The second-order valence-electron chi connectivity index (χ2n) is 7.34. The van der Waals surface area contributed by atoms with Crippen molar-refractivity contribution >= 4 is 11.6 Å². The van der Waals surface area contributed by atoms with Crippen LogP contribution in [0, 0.1) is 17.8 Å². The highest BCUT2D eigenvalue weighted by Crippen LogP contribution is 2.49. The first-order chi connectivity index (χ1) is 10.8. The number of amides is 1. The standard InChI is InChI=1S/C19H26N2O/c22-19(14-17-13-15-6-7-16(17)12-15)21-10-8-20(9-11-21)18-4-2-1-3-5-18/h1-5,15-17H,6-14H2. The van der Waals surface area contributed by atoms with E-state index in [0.29, 0.717) is 11.8 Å². The summed E-state index contributed by atoms with van der Waals surface area (Å²) in [6.45, 7) is 3.70. The molecule has 3 aliphatic rings. The molecule has 3 heteroatoms. The average molecular weight is 298 g/mol. The summed E-state index contributed by atoms with van der Waals surface area (Å²) >= 11 is 0. The molecule has 1 heterocycles. The molecule has 4 rings (SSSR count). The van der Waals surface area contributed by atoms with E-state index in [-0.39, 0.29) is 0 Å². The van der Waals surface area contributed by atoms with Gasteiger partial charge in [0.15, 0.2) is 0 Å². The van der Waals surface area contributed by atoms with Crippen LogP contribution in [0.2, 0.25) is 0 Å². The molecule has 2 saturated carbocycles. The average Bonchev–Trinajstić information content (AvgIpc) is 3.19. The number of para-hydroxylation sites is 1. The van der Waals surface area contributed by atoms with E-state index in [2.05, 4.69) is 40.1 Å². The summed E-state index contributed by atoms with van der Waals surface area (Å²) < 4.78 is 0. The third-order valence-electron chi connectivity index (χ3n) is 6.08. The van der Waals surface area contributed by atoms with Crippen molar-refractivity contribution in [1.29, 1.82) is 0 Å². The first-order valence-electron chi connectivity index (χ1n) is 8.87. The topological polar surface area (TPSA) is 23.6 Å². The van der Waals surface area contributed by atoms with Gasteiger partial charge in [-0.1, -0.05) is 24.6 Å². The normalized spacial score (nSPS) is 30.8. The summed E-state index contributed by atoms with van der Waals surface area (Å²) in [4.78, 5) is 17.1. The maximum absolute atomic E-state index is 12.6. The predicted molar refractivity (Wildman–Crippen MR) is 88.8 cm³/mol. The van der Waals surface area contributed by atoms with Crippen molar-refractivity contribution in [1.82, 2.24) is 4.90 Å². The first kappa shape index (κ1) is 14.1. The van der Waals surface area contributed by atoms with Crippen molar-refractivity contribution in [2.75, 3.05) is 31.1 Å². The molecule has 2 aliphatic carbocycles. The third-order valence-corrected chi connectivity index (χ3v) is 6.08. The molecule has 2 bridgehead atoms. The van der Waals surface area contributed by atoms with Crippen molar-refractivity contribution in [2.24, 2.45) is 17.8 Å². The number of anilines is 1. The van der Waals surface area contributed by atoms with Gasteiger partial charge < -0.3 is 9.80 Å². The van der Waals surface area contributed by atoms with Gasteiger partial charge in [-0.3, -0.25) is 4.79 Å². The summed E-state index contributed by atoms with van der Waals surface area (Å²) in [7, 11) is 0. The molecule has 3 atom stereocenters. The van der Waals surface area contributed by atoms with Crippen LogP contribution in [-0.4, -0.2) is 37.0 Å². The Kier molecular flexibility index (Phi) is 3.81. The van der Waals surface area contributed by atoms with E-state index in [0.717, 1.165) is 44.4 Å². The second-order valence-corrected chi connectivity index (χ2v) is 7.34. The molecule has 0 spiro atoms. The zero-order chi connectivity index (χ0) is 14.9. The minimum atomic E-state index is 0.408. The van der Waals surface area contributed by atoms with E-state index in [1.807, 2.05) is 0 Å². The Hall–Kier alpha value is -1.51. The lowest BCUT2D eigenvalue weighted by atomic mass is 9.86. The number of nitrogens with zero attached hydrogens (tertiary/aromatic N) is 2. The Labute approximate surface area is 133 Å². The van der Waals surface area contributed by atoms with Crippen LogP contribution in [0.15, 0.2) is 30.3 Å². The van der Waals surface area contributed by atoms with Crippen LogP contribution >= 0.6 is 0 Å². The molecule has 3 fully saturated rings. The number of fused-ring (bicyclic) bond motifs is 2. The summed E-state index contributed by atoms with van der Waals surface area (Å²) in [5, 5.41) is 0. The van der Waals surface area contributed by atoms with Gasteiger partial charge in [0.2, 0.25) is 5.91 Å². The lowest BCUT2D eigenvalue weighted by Crippen LogP contribution is -2.49. The maximum atomic E-state index is 12.6. The molecule has 22 heavy (non-hydrogen) atoms. The van der Waals surface area contributed by atoms with Gasteiger partial charge in [-0.15, -0.1) is 0 Å². The van der Waals surface area contributed by atoms with E-state index in [4.69, 9.17) is 0 Å². The fourth-order valence-electron chi connectivity index (χ4n) is 4.83. The molecule has 0 aromatic heterocycles. The molecular weight excluding hydrogens is 272 g/mol. The molecule has 1 aliphatic heterocycles. The highest BCUT2D eigenvalue weighted by atomic mass is 16.2. The molecule has 1 aromatic carbocycles. The number of carbonyl (C=O) groups is 1. The monoisotopic (exact) mass is 298 g/mol. The number of hydrogen-bond acceptors (Lipinski definition) is 2. The summed E-state index contributed by atoms with van der Waals surface area (Å²) in [6, 6.07) is 10.5. The van der Waals surface area contributed by atoms with Crippen molar-refractivity contribution in [2.45, 2.75) is 32.1 Å². The number of piperazine rings is 1. The summed E-state index contributed by atoms with van der Waals surface area (Å²) in [6.07, 6.45) is 6.34. The van der Waals surface area contributed by atoms with E-state index in [1.165, 1.54) is 31.4 Å². The van der Waals surface area contributed by atoms with Gasteiger partial charge in [0.25, 0.3) is 0 Å². The lowest BCUT2D eigenvalue weighted by Gasteiger charge is -2.37. The van der Waals surface area contributed by atoms with Crippen LogP contribution in [0.4, 0.5) is 5.69 Å². The van der Waals surface area contributed by atoms with Crippen LogP contribution in [0.3, 0.4) is 0 Å². The Morgan fingerprint density at radius 3 is 2.41 bits per heavy atom. The van der Waals surface area contributed by atoms with E-state index < -0.39 is 0 Å². The summed E-state index contributed by atoms with van der Waals surface area (Å²) in [5.41, 5.74) is 1.28. The molecule has 118 valence electrons. The smallest absolute Gasteiger partial charge is 0.222 e. The van der Waals surface area contributed by atoms with E-state index >= 15 is 0 Å². The lowest BCUT2D eigenvalue weighted by molar-refractivity contribution is -0.132. The minimum absolute atomic E-state index is 0.408. The molecule has 1 saturated heterocycles. The summed E-state index contributed by atoms with van der Waals surface area (Å²) in [5.74, 6) is 2.90. The SMILES string of the molecule is O=C(CC1CC2CCC1C2)N1CCN(c2ccccc2)CC1. The van der Waals surface area contributed by atoms with Crippen LogP contribution in [0.5, 0.6) is 0 Å². The zero-order valence-electron chi connectivity index (χ0n) is 13.3. The van der Waals surface area contributed by atoms with Gasteiger partial charge in [-0.05, 0) is 49.1 Å². The third kappa shape index (κ3) is 2.73. The Morgan fingerprint density at radius 2 is 1.77 bits per heavy atom. The predicted octanol–water partition coefficient (Wildman–Crippen LogP) is 3.16. The number of carbonyl (C=O) groups excluding carboxylic acids is 1. The molecular formula is C19H26N2O. The first-order valence-corrected chi connectivity index (χ1v) is 8.87. The van der Waals surface area contributed by atoms with Gasteiger partial charge in [-0.2, -0.15) is 0 Å². The number of hydrogen-bond donors (Lipinski definition) is 0. The molecule has 0 N–H and O–H groups in total. The Bertz CT molecular complexity index is 521. The van der Waals surface area contributed by atoms with Crippen molar-refractivity contribution < 1.29 is 4.79 Å². The van der Waals surface area contributed by atoms with E-state index in [1.54, 1.807) is 0 Å². The van der Waals surface area contributed by atoms with Gasteiger partial charge >= 0.3 is 0 Å². The maximum Gasteiger partial charge on any atom is 0.222 e. The Morgan fingerprint density at radius 1 is 1.00 bits per heavy atom. The van der Waals surface area contributed by atoms with Crippen molar-refractivity contribution in [3.8, 4) is 0 Å². The zero-order valence-corrected chi connectivity index (χ0v) is 13.3. The van der Waals surface area contributed by atoms with Crippen LogP contribution in [0.1, 0.15) is 32.1 Å². The fraction of sp³-hybridized carbons (Fsp3) is 0.632. The highest BCUT2D eigenvalue weighted by molar-refractivity contribution is 5.77. The molecule has 1 aromatic rings. The molecule has 3 nitrogen and oxygen atoms in total. The van der Waals surface area contributed by atoms with Crippen LogP contribution < -0.4 is 4.90 Å². The van der Waals surface area contributed by atoms with Crippen LogP contribution in [0.25, 0.3) is 0 Å². The van der Waals surface area contributed by atoms with Gasteiger partial charge in [0.05, 0.1) is 0 Å². The van der Waals surface area contributed by atoms with E-state index in [9.17, 15) is 4.79 Å². The molecule has 1 amide bonds. The van der Waals surface area contributed by atoms with Crippen LogP contribution in [-0.2, 0) is 4.79 Å². The van der Waals surface area contributed by atoms with Gasteiger partial charge in [-0.25, -0.2) is 0 Å². The van der Waals surface area contributed by atoms with Crippen molar-refractivity contribution in [3.63, 3.8) is 0 Å². The fourth-order valence-corrected chi connectivity index (χ4v) is 4.83. The van der Waals surface area contributed by atoms with Gasteiger partial charge in [0.1, 0.15) is 0 Å². The molecule has 3 unspecified atom stereocenters. The number of rotatable bonds is 3. The van der Waals surface area contributed by atoms with Crippen molar-refractivity contribution in [3.05, 3.63) is 30.3 Å². The van der Waals surface area contributed by atoms with Gasteiger partial charge in [0, 0.05) is 38.3 Å². The molecule has 0 radical (unpaired) electrons. The minimum Gasteiger partial charge on any atom is -0.368 e. The number of benzene rings is 1. The Balaban J connectivity index is 1.29. The highest BCUT2D eigenvalue weighted by Gasteiger charge is 2.40. The quantitative estimate of drug-likeness (QED) is 0.856. The largest absolute Gasteiger partial charge is 0.368 e.